The van der Waals surface area contributed by atoms with E-state index < -0.39 is 11.9 Å². The molecule has 0 radical (unpaired) electrons. The highest BCUT2D eigenvalue weighted by molar-refractivity contribution is 5.72. The fraction of sp³-hybridized carbons (Fsp3) is 0.750. The standard InChI is InChI=1S/C8H13NO4/c10-7(11)4-9(5-8(12)13)6-2-1-3-6/h6H,1-5H2,(H,10,11)(H,12,13). The number of hydrogen-bond donors (Lipinski definition) is 2. The van der Waals surface area contributed by atoms with Crippen LogP contribution in [0.15, 0.2) is 0 Å². The van der Waals surface area contributed by atoms with Gasteiger partial charge in [0.1, 0.15) is 0 Å². The van der Waals surface area contributed by atoms with Gasteiger partial charge in [-0.1, -0.05) is 6.42 Å². The lowest BCUT2D eigenvalue weighted by atomic mass is 9.91. The Hall–Kier alpha value is -1.10. The van der Waals surface area contributed by atoms with Gasteiger partial charge in [0.2, 0.25) is 0 Å². The first kappa shape index (κ1) is 9.98. The number of rotatable bonds is 5. The highest BCUT2D eigenvalue weighted by Crippen LogP contribution is 2.24. The molecule has 1 aliphatic rings. The molecule has 0 atom stereocenters. The van der Waals surface area contributed by atoms with Crippen LogP contribution in [0.2, 0.25) is 0 Å². The van der Waals surface area contributed by atoms with Gasteiger partial charge >= 0.3 is 11.9 Å². The molecular weight excluding hydrogens is 174 g/mol. The van der Waals surface area contributed by atoms with Crippen molar-refractivity contribution in [3.05, 3.63) is 0 Å². The highest BCUT2D eigenvalue weighted by atomic mass is 16.4. The minimum absolute atomic E-state index is 0.159. The molecular formula is C8H13NO4. The van der Waals surface area contributed by atoms with Crippen LogP contribution in [0.25, 0.3) is 0 Å². The second-order valence-corrected chi connectivity index (χ2v) is 3.28. The molecule has 0 saturated heterocycles. The smallest absolute Gasteiger partial charge is 0.317 e. The van der Waals surface area contributed by atoms with E-state index >= 15 is 0 Å². The summed E-state index contributed by atoms with van der Waals surface area (Å²) in [5.41, 5.74) is 0. The van der Waals surface area contributed by atoms with Crippen LogP contribution in [0.1, 0.15) is 19.3 Å². The number of nitrogens with zero attached hydrogens (tertiary/aromatic N) is 1. The maximum absolute atomic E-state index is 10.4. The topological polar surface area (TPSA) is 77.8 Å². The lowest BCUT2D eigenvalue weighted by molar-refractivity contribution is -0.143. The van der Waals surface area contributed by atoms with E-state index in [-0.39, 0.29) is 19.1 Å². The van der Waals surface area contributed by atoms with Gasteiger partial charge in [-0.3, -0.25) is 14.5 Å². The summed E-state index contributed by atoms with van der Waals surface area (Å²) in [4.78, 5) is 22.3. The van der Waals surface area contributed by atoms with Crippen LogP contribution in [0.5, 0.6) is 0 Å². The fourth-order valence-electron chi connectivity index (χ4n) is 1.41. The van der Waals surface area contributed by atoms with Crippen LogP contribution >= 0.6 is 0 Å². The molecule has 0 bridgehead atoms. The van der Waals surface area contributed by atoms with Crippen molar-refractivity contribution in [2.75, 3.05) is 13.1 Å². The molecule has 1 saturated carbocycles. The Balaban J connectivity index is 2.42. The zero-order valence-corrected chi connectivity index (χ0v) is 7.27. The molecule has 1 rings (SSSR count). The predicted molar refractivity (Wildman–Crippen MR) is 44.5 cm³/mol. The van der Waals surface area contributed by atoms with Gasteiger partial charge in [-0.25, -0.2) is 0 Å². The monoisotopic (exact) mass is 187 g/mol. The summed E-state index contributed by atoms with van der Waals surface area (Å²) >= 11 is 0. The van der Waals surface area contributed by atoms with Crippen molar-refractivity contribution in [1.82, 2.24) is 4.90 Å². The van der Waals surface area contributed by atoms with E-state index in [1.54, 1.807) is 0 Å². The molecule has 0 aliphatic heterocycles. The van der Waals surface area contributed by atoms with E-state index in [9.17, 15) is 9.59 Å². The van der Waals surface area contributed by atoms with Gasteiger partial charge in [-0.15, -0.1) is 0 Å². The van der Waals surface area contributed by atoms with Crippen LogP contribution in [0.4, 0.5) is 0 Å². The highest BCUT2D eigenvalue weighted by Gasteiger charge is 2.27. The SMILES string of the molecule is O=C(O)CN(CC(=O)O)C1CCC1. The quantitative estimate of drug-likeness (QED) is 0.634. The molecule has 5 heteroatoms. The molecule has 0 amide bonds. The minimum atomic E-state index is -0.965. The summed E-state index contributed by atoms with van der Waals surface area (Å²) in [6.07, 6.45) is 2.90. The lowest BCUT2D eigenvalue weighted by Gasteiger charge is -2.35. The van der Waals surface area contributed by atoms with Crippen molar-refractivity contribution < 1.29 is 19.8 Å². The van der Waals surface area contributed by atoms with Crippen LogP contribution in [-0.4, -0.2) is 46.2 Å². The van der Waals surface area contributed by atoms with Crippen LogP contribution in [0, 0.1) is 0 Å². The Morgan fingerprint density at radius 2 is 1.62 bits per heavy atom. The van der Waals surface area contributed by atoms with Crippen molar-refractivity contribution in [2.24, 2.45) is 0 Å². The maximum atomic E-state index is 10.4. The number of aliphatic carboxylic acids is 2. The molecule has 1 fully saturated rings. The first-order valence-corrected chi connectivity index (χ1v) is 4.27. The third-order valence-electron chi connectivity index (χ3n) is 2.27. The molecule has 13 heavy (non-hydrogen) atoms. The summed E-state index contributed by atoms with van der Waals surface area (Å²) in [5, 5.41) is 17.1. The Morgan fingerprint density at radius 3 is 1.85 bits per heavy atom. The molecule has 5 nitrogen and oxygen atoms in total. The number of carbonyl (C=O) groups is 2. The van der Waals surface area contributed by atoms with E-state index in [0.29, 0.717) is 0 Å². The van der Waals surface area contributed by atoms with Gasteiger partial charge in [-0.2, -0.15) is 0 Å². The Labute approximate surface area is 76.0 Å². The molecule has 0 unspecified atom stereocenters. The minimum Gasteiger partial charge on any atom is -0.480 e. The van der Waals surface area contributed by atoms with Crippen molar-refractivity contribution in [1.29, 1.82) is 0 Å². The third-order valence-corrected chi connectivity index (χ3v) is 2.27. The second kappa shape index (κ2) is 4.23. The van der Waals surface area contributed by atoms with Crippen molar-refractivity contribution >= 4 is 11.9 Å². The first-order chi connectivity index (χ1) is 6.09. The van der Waals surface area contributed by atoms with Gasteiger partial charge in [0.15, 0.2) is 0 Å². The van der Waals surface area contributed by atoms with Crippen LogP contribution in [0.3, 0.4) is 0 Å². The van der Waals surface area contributed by atoms with Crippen molar-refractivity contribution in [2.45, 2.75) is 25.3 Å². The van der Waals surface area contributed by atoms with E-state index in [1.165, 1.54) is 4.90 Å². The van der Waals surface area contributed by atoms with Gasteiger partial charge < -0.3 is 10.2 Å². The second-order valence-electron chi connectivity index (χ2n) is 3.28. The largest absolute Gasteiger partial charge is 0.480 e. The Kier molecular flexibility index (Phi) is 3.25. The van der Waals surface area contributed by atoms with Gasteiger partial charge in [0.25, 0.3) is 0 Å². The van der Waals surface area contributed by atoms with Gasteiger partial charge in [0.05, 0.1) is 13.1 Å². The summed E-state index contributed by atoms with van der Waals surface area (Å²) < 4.78 is 0. The molecule has 0 aromatic rings. The molecule has 1 aliphatic carbocycles. The van der Waals surface area contributed by atoms with E-state index in [2.05, 4.69) is 0 Å². The predicted octanol–water partition coefficient (Wildman–Crippen LogP) is 0.0101. The molecule has 0 aromatic carbocycles. The van der Waals surface area contributed by atoms with Crippen LogP contribution < -0.4 is 0 Å². The first-order valence-electron chi connectivity index (χ1n) is 4.27. The maximum Gasteiger partial charge on any atom is 0.317 e. The van der Waals surface area contributed by atoms with Gasteiger partial charge in [-0.05, 0) is 12.8 Å². The molecule has 2 N–H and O–H groups in total. The van der Waals surface area contributed by atoms with E-state index in [4.69, 9.17) is 10.2 Å². The zero-order valence-electron chi connectivity index (χ0n) is 7.27. The van der Waals surface area contributed by atoms with Crippen molar-refractivity contribution in [3.8, 4) is 0 Å². The fourth-order valence-corrected chi connectivity index (χ4v) is 1.41. The number of carboxylic acids is 2. The average Bonchev–Trinajstić information content (AvgIpc) is 1.78. The summed E-state index contributed by atoms with van der Waals surface area (Å²) in [5.74, 6) is -1.93. The average molecular weight is 187 g/mol. The zero-order chi connectivity index (χ0) is 9.84. The lowest BCUT2D eigenvalue weighted by Crippen LogP contribution is -2.45. The Morgan fingerprint density at radius 1 is 1.15 bits per heavy atom. The molecule has 74 valence electrons. The number of carboxylic acid groups (broad SMARTS) is 2. The van der Waals surface area contributed by atoms with E-state index in [1.807, 2.05) is 0 Å². The summed E-state index contributed by atoms with van der Waals surface area (Å²) in [7, 11) is 0. The normalized spacial score (nSPS) is 17.0. The van der Waals surface area contributed by atoms with E-state index in [0.717, 1.165) is 19.3 Å². The number of hydrogen-bond acceptors (Lipinski definition) is 3. The van der Waals surface area contributed by atoms with Gasteiger partial charge in [0, 0.05) is 6.04 Å². The van der Waals surface area contributed by atoms with Crippen molar-refractivity contribution in [3.63, 3.8) is 0 Å². The summed E-state index contributed by atoms with van der Waals surface area (Å²) in [6.45, 7) is -0.339. The molecule has 0 heterocycles. The molecule has 0 aromatic heterocycles. The summed E-state index contributed by atoms with van der Waals surface area (Å²) in [6, 6.07) is 0.159. The third kappa shape index (κ3) is 3.02. The Bertz CT molecular complexity index is 196. The molecule has 0 spiro atoms. The van der Waals surface area contributed by atoms with Crippen LogP contribution in [-0.2, 0) is 9.59 Å².